The first-order valence-electron chi connectivity index (χ1n) is 10.5. The van der Waals surface area contributed by atoms with Crippen LogP contribution in [-0.2, 0) is 21.5 Å². The average molecular weight is 417 g/mol. The van der Waals surface area contributed by atoms with E-state index in [0.29, 0.717) is 24.3 Å². The molecule has 6 rings (SSSR count). The number of nitrogens with one attached hydrogen (secondary N) is 1. The fraction of sp³-hybridized carbons (Fsp3) is 0.333. The molecular weight excluding hydrogens is 394 g/mol. The molecule has 0 spiro atoms. The van der Waals surface area contributed by atoms with Gasteiger partial charge in [-0.2, -0.15) is 0 Å². The minimum absolute atomic E-state index is 0.00261. The number of fused-ring (bicyclic) bond motifs is 5. The molecule has 1 aromatic heterocycles. The van der Waals surface area contributed by atoms with Crippen molar-refractivity contribution in [1.29, 1.82) is 0 Å². The number of rotatable bonds is 1. The number of H-pyrrole nitrogens is 1. The highest BCUT2D eigenvalue weighted by atomic mass is 16.7. The van der Waals surface area contributed by atoms with Crippen LogP contribution in [0.1, 0.15) is 30.2 Å². The van der Waals surface area contributed by atoms with Crippen molar-refractivity contribution < 1.29 is 19.1 Å². The van der Waals surface area contributed by atoms with Gasteiger partial charge in [0.15, 0.2) is 11.5 Å². The third kappa shape index (κ3) is 2.46. The Bertz CT molecular complexity index is 1250. The minimum atomic E-state index is -0.777. The van der Waals surface area contributed by atoms with E-state index in [4.69, 9.17) is 9.47 Å². The van der Waals surface area contributed by atoms with Gasteiger partial charge in [0.05, 0.1) is 6.54 Å². The zero-order chi connectivity index (χ0) is 21.3. The van der Waals surface area contributed by atoms with Gasteiger partial charge in [0.1, 0.15) is 5.54 Å². The van der Waals surface area contributed by atoms with Crippen LogP contribution >= 0.6 is 0 Å². The molecule has 0 aliphatic carbocycles. The number of aromatic amines is 1. The predicted molar refractivity (Wildman–Crippen MR) is 114 cm³/mol. The summed E-state index contributed by atoms with van der Waals surface area (Å²) in [5.74, 6) is 1.32. The van der Waals surface area contributed by atoms with Crippen molar-refractivity contribution in [3.63, 3.8) is 0 Å². The lowest BCUT2D eigenvalue weighted by Crippen LogP contribution is -2.57. The van der Waals surface area contributed by atoms with Crippen LogP contribution in [0.2, 0.25) is 0 Å². The van der Waals surface area contributed by atoms with E-state index in [1.54, 1.807) is 7.05 Å². The van der Waals surface area contributed by atoms with Crippen LogP contribution in [0.4, 0.5) is 0 Å². The van der Waals surface area contributed by atoms with Gasteiger partial charge in [-0.3, -0.25) is 9.59 Å². The molecule has 3 aromatic rings. The van der Waals surface area contributed by atoms with E-state index < -0.39 is 5.54 Å². The van der Waals surface area contributed by atoms with E-state index in [1.807, 2.05) is 35.2 Å². The van der Waals surface area contributed by atoms with Crippen LogP contribution in [-0.4, -0.2) is 53.0 Å². The summed E-state index contributed by atoms with van der Waals surface area (Å²) < 4.78 is 11.2. The molecule has 0 bridgehead atoms. The molecule has 31 heavy (non-hydrogen) atoms. The number of carbonyl (C=O) groups is 2. The Morgan fingerprint density at radius 2 is 1.84 bits per heavy atom. The van der Waals surface area contributed by atoms with Crippen LogP contribution in [0.25, 0.3) is 10.9 Å². The summed E-state index contributed by atoms with van der Waals surface area (Å²) in [7, 11) is 1.70. The van der Waals surface area contributed by atoms with Crippen molar-refractivity contribution in [3.8, 4) is 11.5 Å². The molecule has 3 aliphatic heterocycles. The number of hydrogen-bond acceptors (Lipinski definition) is 4. The zero-order valence-corrected chi connectivity index (χ0v) is 17.5. The maximum absolute atomic E-state index is 13.5. The van der Waals surface area contributed by atoms with E-state index in [9.17, 15) is 9.59 Å². The maximum Gasteiger partial charge on any atom is 0.243 e. The largest absolute Gasteiger partial charge is 0.454 e. The predicted octanol–water partition coefficient (Wildman–Crippen LogP) is 2.78. The molecule has 2 amide bonds. The Labute approximate surface area is 179 Å². The Morgan fingerprint density at radius 3 is 2.71 bits per heavy atom. The molecule has 1 N–H and O–H groups in total. The molecule has 4 heterocycles. The first kappa shape index (κ1) is 18.3. The average Bonchev–Trinajstić information content (AvgIpc) is 3.35. The van der Waals surface area contributed by atoms with E-state index in [-0.39, 0.29) is 31.2 Å². The van der Waals surface area contributed by atoms with Gasteiger partial charge in [0.25, 0.3) is 0 Å². The minimum Gasteiger partial charge on any atom is -0.454 e. The second-order valence-corrected chi connectivity index (χ2v) is 8.74. The Balaban J connectivity index is 1.63. The molecule has 1 saturated heterocycles. The highest BCUT2D eigenvalue weighted by Crippen LogP contribution is 2.48. The summed E-state index contributed by atoms with van der Waals surface area (Å²) in [6.07, 6.45) is 0.951. The van der Waals surface area contributed by atoms with Crippen molar-refractivity contribution in [2.24, 2.45) is 0 Å². The molecule has 158 valence electrons. The van der Waals surface area contributed by atoms with Crippen LogP contribution in [0, 0.1) is 0 Å². The highest BCUT2D eigenvalue weighted by Gasteiger charge is 2.51. The molecule has 0 radical (unpaired) electrons. The number of aromatic nitrogens is 1. The Kier molecular flexibility index (Phi) is 3.70. The zero-order valence-electron chi connectivity index (χ0n) is 17.5. The quantitative estimate of drug-likeness (QED) is 0.661. The van der Waals surface area contributed by atoms with Gasteiger partial charge in [0, 0.05) is 36.1 Å². The standard InChI is InChI=1S/C24H23N3O4/c1-24(14-7-8-19-20(9-14)31-13-30-19)23-17(16-5-3-4-6-18(16)25-23)10-15-11-21(28)26(2)12-22(29)27(15)24/h3-9,15,25H,10-13H2,1-2H3/t15-,24-/m1/s1. The maximum atomic E-state index is 13.5. The summed E-state index contributed by atoms with van der Waals surface area (Å²) in [5.41, 5.74) is 3.35. The van der Waals surface area contributed by atoms with Crippen molar-refractivity contribution >= 4 is 22.7 Å². The molecule has 2 atom stereocenters. The van der Waals surface area contributed by atoms with Gasteiger partial charge >= 0.3 is 0 Å². The monoisotopic (exact) mass is 417 g/mol. The molecule has 1 fully saturated rings. The van der Waals surface area contributed by atoms with E-state index in [2.05, 4.69) is 24.0 Å². The van der Waals surface area contributed by atoms with E-state index in [1.165, 1.54) is 10.5 Å². The summed E-state index contributed by atoms with van der Waals surface area (Å²) in [6.45, 7) is 2.33. The molecule has 0 unspecified atom stereocenters. The normalized spacial score (nSPS) is 24.9. The molecule has 2 aromatic carbocycles. The number of ether oxygens (including phenoxy) is 2. The van der Waals surface area contributed by atoms with Gasteiger partial charge in [-0.1, -0.05) is 24.3 Å². The summed E-state index contributed by atoms with van der Waals surface area (Å²) in [6, 6.07) is 13.8. The number of likely N-dealkylation sites (N-methyl/N-ethyl adjacent to an activating group) is 1. The number of benzene rings is 2. The third-order valence-electron chi connectivity index (χ3n) is 7.00. The van der Waals surface area contributed by atoms with Gasteiger partial charge in [0.2, 0.25) is 18.6 Å². The molecule has 3 aliphatic rings. The first-order chi connectivity index (χ1) is 15.0. The summed E-state index contributed by atoms with van der Waals surface area (Å²) >= 11 is 0. The number of amides is 2. The summed E-state index contributed by atoms with van der Waals surface area (Å²) in [5, 5.41) is 1.14. The Morgan fingerprint density at radius 1 is 1.03 bits per heavy atom. The van der Waals surface area contributed by atoms with Gasteiger partial charge in [-0.05, 0) is 42.7 Å². The molecule has 7 nitrogen and oxygen atoms in total. The number of nitrogens with zero attached hydrogens (tertiary/aromatic N) is 2. The lowest BCUT2D eigenvalue weighted by atomic mass is 9.77. The van der Waals surface area contributed by atoms with Crippen LogP contribution < -0.4 is 9.47 Å². The van der Waals surface area contributed by atoms with Crippen LogP contribution in [0.5, 0.6) is 11.5 Å². The molecule has 7 heteroatoms. The van der Waals surface area contributed by atoms with Crippen molar-refractivity contribution in [3.05, 3.63) is 59.3 Å². The van der Waals surface area contributed by atoms with Crippen LogP contribution in [0.3, 0.4) is 0 Å². The molecule has 0 saturated carbocycles. The lowest BCUT2D eigenvalue weighted by molar-refractivity contribution is -0.140. The molecular formula is C24H23N3O4. The second-order valence-electron chi connectivity index (χ2n) is 8.74. The van der Waals surface area contributed by atoms with Gasteiger partial charge < -0.3 is 24.3 Å². The third-order valence-corrected chi connectivity index (χ3v) is 7.00. The van der Waals surface area contributed by atoms with Gasteiger partial charge in [-0.15, -0.1) is 0 Å². The van der Waals surface area contributed by atoms with Crippen LogP contribution in [0.15, 0.2) is 42.5 Å². The van der Waals surface area contributed by atoms with Crippen molar-refractivity contribution in [2.45, 2.75) is 31.3 Å². The first-order valence-corrected chi connectivity index (χ1v) is 10.5. The van der Waals surface area contributed by atoms with Crippen molar-refractivity contribution in [1.82, 2.24) is 14.8 Å². The van der Waals surface area contributed by atoms with Crippen molar-refractivity contribution in [2.75, 3.05) is 20.4 Å². The second kappa shape index (κ2) is 6.26. The number of para-hydroxylation sites is 1. The SMILES string of the molecule is CN1CC(=O)N2[C@@H](CC1=O)Cc1c([nH]c3ccccc13)[C@@]2(C)c1ccc2c(c1)OCO2. The number of carbonyl (C=O) groups excluding carboxylic acids is 2. The van der Waals surface area contributed by atoms with E-state index in [0.717, 1.165) is 22.2 Å². The van der Waals surface area contributed by atoms with E-state index >= 15 is 0 Å². The Hall–Kier alpha value is -3.48. The lowest BCUT2D eigenvalue weighted by Gasteiger charge is -2.48. The van der Waals surface area contributed by atoms with Gasteiger partial charge in [-0.25, -0.2) is 0 Å². The fourth-order valence-corrected chi connectivity index (χ4v) is 5.46. The number of hydrogen-bond donors (Lipinski definition) is 1. The highest BCUT2D eigenvalue weighted by molar-refractivity contribution is 5.91. The smallest absolute Gasteiger partial charge is 0.243 e. The topological polar surface area (TPSA) is 74.9 Å². The fourth-order valence-electron chi connectivity index (χ4n) is 5.46. The summed E-state index contributed by atoms with van der Waals surface area (Å²) in [4.78, 5) is 33.3.